The summed E-state index contributed by atoms with van der Waals surface area (Å²) in [6.45, 7) is 5.58. The lowest BCUT2D eigenvalue weighted by Crippen LogP contribution is -2.22. The molecular weight excluding hydrogens is 352 g/mol. The molecule has 3 heteroatoms. The van der Waals surface area contributed by atoms with Crippen molar-refractivity contribution in [3.8, 4) is 11.1 Å². The molecule has 120 valence electrons. The lowest BCUT2D eigenvalue weighted by Gasteiger charge is -2.18. The maximum atomic E-state index is 11.8. The van der Waals surface area contributed by atoms with E-state index in [9.17, 15) is 4.79 Å². The molecule has 0 bridgehead atoms. The van der Waals surface area contributed by atoms with Gasteiger partial charge in [-0.25, -0.2) is 4.79 Å². The van der Waals surface area contributed by atoms with E-state index in [1.54, 1.807) is 0 Å². The zero-order chi connectivity index (χ0) is 16.9. The molecule has 0 saturated carbocycles. The minimum atomic E-state index is -0.480. The Morgan fingerprint density at radius 3 is 2.35 bits per heavy atom. The maximum Gasteiger partial charge on any atom is 0.331 e. The molecule has 0 amide bonds. The van der Waals surface area contributed by atoms with E-state index in [1.165, 1.54) is 11.6 Å². The molecule has 0 N–H and O–H groups in total. The van der Waals surface area contributed by atoms with Gasteiger partial charge in [0.1, 0.15) is 5.60 Å². The number of hydrogen-bond acceptors (Lipinski definition) is 2. The van der Waals surface area contributed by atoms with Crippen LogP contribution in [0.2, 0.25) is 0 Å². The van der Waals surface area contributed by atoms with Gasteiger partial charge in [0.05, 0.1) is 0 Å². The van der Waals surface area contributed by atoms with Crippen LogP contribution in [-0.4, -0.2) is 11.6 Å². The summed E-state index contributed by atoms with van der Waals surface area (Å²) in [5.41, 5.74) is 3.96. The summed E-state index contributed by atoms with van der Waals surface area (Å²) in [5, 5.41) is 0.841. The Kier molecular flexibility index (Phi) is 5.78. The molecule has 0 aliphatic heterocycles. The van der Waals surface area contributed by atoms with Crippen molar-refractivity contribution >= 4 is 28.0 Å². The second-order valence-electron chi connectivity index (χ2n) is 6.28. The van der Waals surface area contributed by atoms with Gasteiger partial charge in [-0.3, -0.25) is 0 Å². The number of carbonyl (C=O) groups is 1. The van der Waals surface area contributed by atoms with Gasteiger partial charge in [-0.2, -0.15) is 0 Å². The van der Waals surface area contributed by atoms with Gasteiger partial charge in [-0.1, -0.05) is 64.5 Å². The van der Waals surface area contributed by atoms with Crippen LogP contribution in [0.5, 0.6) is 0 Å². The summed E-state index contributed by atoms with van der Waals surface area (Å²) in [5.74, 6) is -0.332. The van der Waals surface area contributed by atoms with Gasteiger partial charge in [0.25, 0.3) is 0 Å². The summed E-state index contributed by atoms with van der Waals surface area (Å²) in [6, 6.07) is 16.4. The predicted octanol–water partition coefficient (Wildman–Crippen LogP) is 5.60. The molecular formula is C20H21BrO2. The van der Waals surface area contributed by atoms with Crippen molar-refractivity contribution in [1.29, 1.82) is 0 Å². The first kappa shape index (κ1) is 17.5. The first-order chi connectivity index (χ1) is 10.9. The lowest BCUT2D eigenvalue weighted by atomic mass is 9.98. The average Bonchev–Trinajstić information content (AvgIpc) is 2.52. The molecule has 2 rings (SSSR count). The Morgan fingerprint density at radius 1 is 1.09 bits per heavy atom. The Bertz CT molecular complexity index is 694. The highest BCUT2D eigenvalue weighted by atomic mass is 79.9. The highest BCUT2D eigenvalue weighted by molar-refractivity contribution is 9.08. The maximum absolute atomic E-state index is 11.8. The summed E-state index contributed by atoms with van der Waals surface area (Å²) < 4.78 is 5.30. The van der Waals surface area contributed by atoms with Crippen LogP contribution in [0.3, 0.4) is 0 Å². The van der Waals surface area contributed by atoms with Crippen molar-refractivity contribution in [1.82, 2.24) is 0 Å². The number of benzene rings is 2. The normalized spacial score (nSPS) is 11.7. The molecule has 0 atom stereocenters. The van der Waals surface area contributed by atoms with Gasteiger partial charge in [0.15, 0.2) is 0 Å². The van der Waals surface area contributed by atoms with Crippen LogP contribution < -0.4 is 0 Å². The van der Waals surface area contributed by atoms with Crippen LogP contribution in [-0.2, 0) is 14.9 Å². The van der Waals surface area contributed by atoms with Crippen LogP contribution >= 0.6 is 15.9 Å². The van der Waals surface area contributed by atoms with Crippen LogP contribution in [0.1, 0.15) is 31.9 Å². The molecule has 0 heterocycles. The van der Waals surface area contributed by atoms with Gasteiger partial charge >= 0.3 is 5.97 Å². The third-order valence-electron chi connectivity index (χ3n) is 3.19. The SMILES string of the molecule is CC(C)(C)OC(=O)C=Cc1ccccc1-c1ccc(CBr)cc1. The van der Waals surface area contributed by atoms with Gasteiger partial charge < -0.3 is 4.74 Å². The van der Waals surface area contributed by atoms with Gasteiger partial charge in [-0.05, 0) is 49.1 Å². The molecule has 0 aliphatic rings. The monoisotopic (exact) mass is 372 g/mol. The molecule has 0 spiro atoms. The van der Waals surface area contributed by atoms with Gasteiger partial charge in [0.2, 0.25) is 0 Å². The minimum Gasteiger partial charge on any atom is -0.457 e. The quantitative estimate of drug-likeness (QED) is 0.396. The van der Waals surface area contributed by atoms with E-state index in [0.29, 0.717) is 0 Å². The zero-order valence-corrected chi connectivity index (χ0v) is 15.3. The Morgan fingerprint density at radius 2 is 1.74 bits per heavy atom. The summed E-state index contributed by atoms with van der Waals surface area (Å²) in [6.07, 6.45) is 3.29. The Balaban J connectivity index is 2.25. The highest BCUT2D eigenvalue weighted by Crippen LogP contribution is 2.25. The van der Waals surface area contributed by atoms with Crippen molar-refractivity contribution in [3.05, 3.63) is 65.7 Å². The van der Waals surface area contributed by atoms with Crippen molar-refractivity contribution in [2.45, 2.75) is 31.7 Å². The molecule has 2 aromatic carbocycles. The number of alkyl halides is 1. The molecule has 0 aromatic heterocycles. The van der Waals surface area contributed by atoms with Crippen LogP contribution in [0, 0.1) is 0 Å². The van der Waals surface area contributed by atoms with Crippen molar-refractivity contribution < 1.29 is 9.53 Å². The van der Waals surface area contributed by atoms with E-state index in [1.807, 2.05) is 45.0 Å². The molecule has 2 nitrogen and oxygen atoms in total. The first-order valence-electron chi connectivity index (χ1n) is 7.54. The smallest absolute Gasteiger partial charge is 0.331 e. The Hall–Kier alpha value is -1.87. The van der Waals surface area contributed by atoms with E-state index < -0.39 is 5.60 Å². The number of halogens is 1. The third-order valence-corrected chi connectivity index (χ3v) is 3.83. The van der Waals surface area contributed by atoms with E-state index in [-0.39, 0.29) is 5.97 Å². The molecule has 0 saturated heterocycles. The van der Waals surface area contributed by atoms with Crippen molar-refractivity contribution in [2.75, 3.05) is 0 Å². The number of hydrogen-bond donors (Lipinski definition) is 0. The number of rotatable bonds is 4. The van der Waals surface area contributed by atoms with Crippen LogP contribution in [0.25, 0.3) is 17.2 Å². The van der Waals surface area contributed by atoms with E-state index in [2.05, 4.69) is 46.3 Å². The predicted molar refractivity (Wildman–Crippen MR) is 99.4 cm³/mol. The van der Waals surface area contributed by atoms with Crippen molar-refractivity contribution in [2.24, 2.45) is 0 Å². The summed E-state index contributed by atoms with van der Waals surface area (Å²) in [7, 11) is 0. The van der Waals surface area contributed by atoms with Gasteiger partial charge in [-0.15, -0.1) is 0 Å². The average molecular weight is 373 g/mol. The second-order valence-corrected chi connectivity index (χ2v) is 6.85. The number of carbonyl (C=O) groups excluding carboxylic acids is 1. The fourth-order valence-corrected chi connectivity index (χ4v) is 2.55. The van der Waals surface area contributed by atoms with E-state index >= 15 is 0 Å². The van der Waals surface area contributed by atoms with Crippen molar-refractivity contribution in [3.63, 3.8) is 0 Å². The molecule has 0 radical (unpaired) electrons. The molecule has 0 unspecified atom stereocenters. The number of ether oxygens (including phenoxy) is 1. The molecule has 23 heavy (non-hydrogen) atoms. The topological polar surface area (TPSA) is 26.3 Å². The molecule has 2 aromatic rings. The largest absolute Gasteiger partial charge is 0.457 e. The third kappa shape index (κ3) is 5.36. The fourth-order valence-electron chi connectivity index (χ4n) is 2.17. The Labute approximate surface area is 146 Å². The standard InChI is InChI=1S/C20H21BrO2/c1-20(2,3)23-19(22)13-12-16-6-4-5-7-18(16)17-10-8-15(14-21)9-11-17/h4-13H,14H2,1-3H3. The van der Waals surface area contributed by atoms with Gasteiger partial charge in [0, 0.05) is 11.4 Å². The lowest BCUT2D eigenvalue weighted by molar-refractivity contribution is -0.148. The second kappa shape index (κ2) is 7.60. The number of esters is 1. The molecule has 0 fully saturated rings. The van der Waals surface area contributed by atoms with Crippen LogP contribution in [0.15, 0.2) is 54.6 Å². The van der Waals surface area contributed by atoms with E-state index in [0.717, 1.165) is 22.0 Å². The summed E-state index contributed by atoms with van der Waals surface area (Å²) >= 11 is 3.45. The van der Waals surface area contributed by atoms with Crippen LogP contribution in [0.4, 0.5) is 0 Å². The minimum absolute atomic E-state index is 0.332. The fraction of sp³-hybridized carbons (Fsp3) is 0.250. The summed E-state index contributed by atoms with van der Waals surface area (Å²) in [4.78, 5) is 11.8. The molecule has 0 aliphatic carbocycles. The zero-order valence-electron chi connectivity index (χ0n) is 13.7. The first-order valence-corrected chi connectivity index (χ1v) is 8.66. The van der Waals surface area contributed by atoms with E-state index in [4.69, 9.17) is 4.74 Å². The highest BCUT2D eigenvalue weighted by Gasteiger charge is 2.14.